The molecule has 1 aromatic carbocycles. The summed E-state index contributed by atoms with van der Waals surface area (Å²) in [7, 11) is 0. The first-order valence-corrected chi connectivity index (χ1v) is 7.90. The summed E-state index contributed by atoms with van der Waals surface area (Å²) in [6, 6.07) is 5.65. The van der Waals surface area contributed by atoms with Crippen LogP contribution in [0, 0.1) is 15.5 Å². The molecule has 116 valence electrons. The minimum Gasteiger partial charge on any atom is -0.365 e. The highest BCUT2D eigenvalue weighted by atomic mass is 79.9. The molecule has 0 aliphatic carbocycles. The first-order valence-electron chi connectivity index (χ1n) is 7.11. The number of aromatic nitrogens is 1. The predicted octanol–water partition coefficient (Wildman–Crippen LogP) is 3.08. The van der Waals surface area contributed by atoms with Crippen LogP contribution < -0.4 is 10.6 Å². The van der Waals surface area contributed by atoms with Crippen molar-refractivity contribution in [2.24, 2.45) is 11.1 Å². The first kappa shape index (κ1) is 15.2. The maximum Gasteiger partial charge on any atom is 0.311 e. The van der Waals surface area contributed by atoms with E-state index in [4.69, 9.17) is 5.73 Å². The Morgan fingerprint density at radius 2 is 2.32 bits per heavy atom. The number of fused-ring (bicyclic) bond motifs is 1. The van der Waals surface area contributed by atoms with Crippen LogP contribution in [0.4, 0.5) is 11.4 Å². The van der Waals surface area contributed by atoms with Gasteiger partial charge in [-0.15, -0.1) is 0 Å². The Morgan fingerprint density at radius 3 is 2.95 bits per heavy atom. The van der Waals surface area contributed by atoms with Crippen LogP contribution in [0.25, 0.3) is 10.9 Å². The highest BCUT2D eigenvalue weighted by Crippen LogP contribution is 2.41. The number of hydrogen-bond donors (Lipinski definition) is 1. The molecule has 0 bridgehead atoms. The van der Waals surface area contributed by atoms with E-state index in [0.29, 0.717) is 12.2 Å². The van der Waals surface area contributed by atoms with Gasteiger partial charge in [-0.2, -0.15) is 0 Å². The lowest BCUT2D eigenvalue weighted by atomic mass is 9.90. The van der Waals surface area contributed by atoms with E-state index in [1.807, 2.05) is 18.2 Å². The van der Waals surface area contributed by atoms with E-state index >= 15 is 0 Å². The second kappa shape index (κ2) is 5.48. The van der Waals surface area contributed by atoms with E-state index in [9.17, 15) is 10.1 Å². The quantitative estimate of drug-likeness (QED) is 0.667. The molecular formula is C15H17BrN4O2. The summed E-state index contributed by atoms with van der Waals surface area (Å²) in [5.41, 5.74) is 7.31. The Balaban J connectivity index is 2.19. The molecule has 0 spiro atoms. The molecular weight excluding hydrogens is 348 g/mol. The standard InChI is InChI=1S/C15H17BrN4O2/c1-15(8-17)4-5-19(9-15)14-11-6-10(16)2-3-12(11)18-7-13(14)20(21)22/h2-3,6-7H,4-5,8-9,17H2,1H3. The van der Waals surface area contributed by atoms with Crippen molar-refractivity contribution in [3.8, 4) is 0 Å². The third-order valence-corrected chi connectivity index (χ3v) is 4.84. The SMILES string of the molecule is CC1(CN)CCN(c2c([N+](=O)[O-])cnc3ccc(Br)cc23)C1. The molecule has 0 saturated carbocycles. The predicted molar refractivity (Wildman–Crippen MR) is 90.1 cm³/mol. The molecule has 1 saturated heterocycles. The molecule has 1 fully saturated rings. The number of benzene rings is 1. The summed E-state index contributed by atoms with van der Waals surface area (Å²) in [6.45, 7) is 4.18. The van der Waals surface area contributed by atoms with Crippen molar-refractivity contribution in [2.75, 3.05) is 24.5 Å². The molecule has 7 heteroatoms. The fourth-order valence-electron chi connectivity index (χ4n) is 2.99. The number of hydrogen-bond acceptors (Lipinski definition) is 5. The maximum absolute atomic E-state index is 11.4. The zero-order valence-electron chi connectivity index (χ0n) is 12.3. The Morgan fingerprint density at radius 1 is 1.55 bits per heavy atom. The lowest BCUT2D eigenvalue weighted by molar-refractivity contribution is -0.384. The van der Waals surface area contributed by atoms with Gasteiger partial charge in [0.15, 0.2) is 0 Å². The molecule has 22 heavy (non-hydrogen) atoms. The van der Waals surface area contributed by atoms with E-state index in [1.54, 1.807) is 0 Å². The Bertz CT molecular complexity index is 752. The molecule has 1 aliphatic heterocycles. The van der Waals surface area contributed by atoms with Crippen molar-refractivity contribution in [3.63, 3.8) is 0 Å². The maximum atomic E-state index is 11.4. The second-order valence-corrected chi connectivity index (χ2v) is 7.01. The van der Waals surface area contributed by atoms with Gasteiger partial charge in [-0.25, -0.2) is 4.98 Å². The van der Waals surface area contributed by atoms with Gasteiger partial charge in [-0.1, -0.05) is 22.9 Å². The van der Waals surface area contributed by atoms with Gasteiger partial charge in [0.2, 0.25) is 0 Å². The monoisotopic (exact) mass is 364 g/mol. The van der Waals surface area contributed by atoms with Gasteiger partial charge in [0.05, 0.1) is 10.4 Å². The van der Waals surface area contributed by atoms with Gasteiger partial charge < -0.3 is 10.6 Å². The van der Waals surface area contributed by atoms with Gasteiger partial charge in [0.1, 0.15) is 11.9 Å². The third kappa shape index (κ3) is 2.55. The third-order valence-electron chi connectivity index (χ3n) is 4.35. The minimum atomic E-state index is -0.360. The van der Waals surface area contributed by atoms with E-state index in [2.05, 4.69) is 32.7 Å². The number of rotatable bonds is 3. The summed E-state index contributed by atoms with van der Waals surface area (Å²) in [5, 5.41) is 12.2. The van der Waals surface area contributed by atoms with Crippen molar-refractivity contribution < 1.29 is 4.92 Å². The van der Waals surface area contributed by atoms with Gasteiger partial charge >= 0.3 is 5.69 Å². The van der Waals surface area contributed by atoms with Crippen LogP contribution >= 0.6 is 15.9 Å². The van der Waals surface area contributed by atoms with Crippen LogP contribution in [-0.2, 0) is 0 Å². The number of nitrogens with two attached hydrogens (primary N) is 1. The molecule has 1 atom stereocenters. The highest BCUT2D eigenvalue weighted by molar-refractivity contribution is 9.10. The van der Waals surface area contributed by atoms with Crippen LogP contribution in [0.1, 0.15) is 13.3 Å². The topological polar surface area (TPSA) is 85.3 Å². The molecule has 2 aromatic rings. The van der Waals surface area contributed by atoms with Gasteiger partial charge in [0.25, 0.3) is 0 Å². The fourth-order valence-corrected chi connectivity index (χ4v) is 3.35. The van der Waals surface area contributed by atoms with Crippen LogP contribution in [-0.4, -0.2) is 29.5 Å². The van der Waals surface area contributed by atoms with E-state index in [0.717, 1.165) is 34.9 Å². The molecule has 0 radical (unpaired) electrons. The van der Waals surface area contributed by atoms with Crippen molar-refractivity contribution in [1.82, 2.24) is 4.98 Å². The summed E-state index contributed by atoms with van der Waals surface area (Å²) in [4.78, 5) is 17.4. The molecule has 1 aromatic heterocycles. The normalized spacial score (nSPS) is 21.5. The number of halogens is 1. The van der Waals surface area contributed by atoms with Crippen molar-refractivity contribution in [2.45, 2.75) is 13.3 Å². The Hall–Kier alpha value is -1.73. The summed E-state index contributed by atoms with van der Waals surface area (Å²) in [6.07, 6.45) is 2.28. The fraction of sp³-hybridized carbons (Fsp3) is 0.400. The number of anilines is 1. The van der Waals surface area contributed by atoms with Gasteiger partial charge in [-0.05, 0) is 36.6 Å². The van der Waals surface area contributed by atoms with Crippen LogP contribution in [0.5, 0.6) is 0 Å². The van der Waals surface area contributed by atoms with Gasteiger partial charge in [0, 0.05) is 22.9 Å². The lowest BCUT2D eigenvalue weighted by Gasteiger charge is -2.24. The van der Waals surface area contributed by atoms with E-state index in [-0.39, 0.29) is 16.0 Å². The number of nitro groups is 1. The Kier molecular flexibility index (Phi) is 3.78. The number of pyridine rings is 1. The lowest BCUT2D eigenvalue weighted by Crippen LogP contribution is -2.31. The summed E-state index contributed by atoms with van der Waals surface area (Å²) in [5.74, 6) is 0. The summed E-state index contributed by atoms with van der Waals surface area (Å²) < 4.78 is 0.879. The smallest absolute Gasteiger partial charge is 0.311 e. The second-order valence-electron chi connectivity index (χ2n) is 6.10. The van der Waals surface area contributed by atoms with Crippen LogP contribution in [0.2, 0.25) is 0 Å². The van der Waals surface area contributed by atoms with Crippen LogP contribution in [0.3, 0.4) is 0 Å². The number of nitrogens with zero attached hydrogens (tertiary/aromatic N) is 3. The molecule has 1 aliphatic rings. The van der Waals surface area contributed by atoms with Gasteiger partial charge in [-0.3, -0.25) is 10.1 Å². The minimum absolute atomic E-state index is 0.00449. The van der Waals surface area contributed by atoms with E-state index < -0.39 is 0 Å². The van der Waals surface area contributed by atoms with Crippen LogP contribution in [0.15, 0.2) is 28.9 Å². The van der Waals surface area contributed by atoms with E-state index in [1.165, 1.54) is 6.20 Å². The molecule has 6 nitrogen and oxygen atoms in total. The molecule has 2 N–H and O–H groups in total. The zero-order valence-corrected chi connectivity index (χ0v) is 13.8. The zero-order chi connectivity index (χ0) is 15.9. The average Bonchev–Trinajstić information content (AvgIpc) is 2.88. The molecule has 1 unspecified atom stereocenters. The largest absolute Gasteiger partial charge is 0.365 e. The van der Waals surface area contributed by atoms with Crippen molar-refractivity contribution in [3.05, 3.63) is 39.0 Å². The first-order chi connectivity index (χ1) is 10.4. The average molecular weight is 365 g/mol. The summed E-state index contributed by atoms with van der Waals surface area (Å²) >= 11 is 3.44. The molecule has 2 heterocycles. The highest BCUT2D eigenvalue weighted by Gasteiger charge is 2.36. The van der Waals surface area contributed by atoms with Crippen molar-refractivity contribution >= 4 is 38.2 Å². The Labute approximate surface area is 136 Å². The molecule has 3 rings (SSSR count). The van der Waals surface area contributed by atoms with Crippen molar-refractivity contribution in [1.29, 1.82) is 0 Å². The molecule has 0 amide bonds.